The molecule has 0 heterocycles. The normalized spacial score (nSPS) is 46.8. The predicted octanol–water partition coefficient (Wildman–Crippen LogP) is 5.54. The zero-order valence-corrected chi connectivity index (χ0v) is 19.9. The standard InChI is InChI=1S/C27H44O3/c1-16(2)7-6-8-17(3)19-9-10-20-18-13-23(28)22-14-24(29)25(30)15-27(22,5)21(18)11-12-26(19,20)4/h14,16-21,23,25,28,30H,6-13,15H2,1-5H3/t17-,18+,19-,20+,21+,23?,25?,26-,27-/m1/s1. The van der Waals surface area contributed by atoms with Gasteiger partial charge in [0.05, 0.1) is 6.10 Å². The maximum atomic E-state index is 12.1. The van der Waals surface area contributed by atoms with E-state index in [1.165, 1.54) is 44.9 Å². The summed E-state index contributed by atoms with van der Waals surface area (Å²) in [6.07, 6.45) is 10.6. The minimum absolute atomic E-state index is 0.211. The Kier molecular flexibility index (Phi) is 6.03. The van der Waals surface area contributed by atoms with Gasteiger partial charge in [-0.1, -0.05) is 53.9 Å². The number of aliphatic hydroxyl groups is 2. The third-order valence-corrected chi connectivity index (χ3v) is 10.2. The van der Waals surface area contributed by atoms with Gasteiger partial charge in [0.25, 0.3) is 0 Å². The molecule has 4 rings (SSSR count). The van der Waals surface area contributed by atoms with E-state index in [1.807, 2.05) is 0 Å². The van der Waals surface area contributed by atoms with Crippen LogP contribution in [-0.4, -0.2) is 28.2 Å². The van der Waals surface area contributed by atoms with Crippen LogP contribution < -0.4 is 0 Å². The molecule has 4 aliphatic rings. The van der Waals surface area contributed by atoms with E-state index < -0.39 is 12.2 Å². The number of hydrogen-bond acceptors (Lipinski definition) is 3. The third kappa shape index (κ3) is 3.52. The summed E-state index contributed by atoms with van der Waals surface area (Å²) in [7, 11) is 0. The van der Waals surface area contributed by atoms with E-state index >= 15 is 0 Å². The molecule has 0 aromatic carbocycles. The lowest BCUT2D eigenvalue weighted by Gasteiger charge is -2.59. The van der Waals surface area contributed by atoms with Crippen molar-refractivity contribution in [3.8, 4) is 0 Å². The Hall–Kier alpha value is -0.670. The monoisotopic (exact) mass is 416 g/mol. The van der Waals surface area contributed by atoms with Gasteiger partial charge < -0.3 is 10.2 Å². The fraction of sp³-hybridized carbons (Fsp3) is 0.889. The SMILES string of the molecule is CC(C)CCC[C@@H](C)[C@H]1CC[C@H]2[C@@H]3CC(O)C4=CC(=O)C(O)C[C@]4(C)[C@H]3CC[C@]12C. The Morgan fingerprint density at radius 3 is 2.47 bits per heavy atom. The number of carbonyl (C=O) groups is 1. The quantitative estimate of drug-likeness (QED) is 0.619. The van der Waals surface area contributed by atoms with E-state index in [9.17, 15) is 15.0 Å². The van der Waals surface area contributed by atoms with Crippen LogP contribution >= 0.6 is 0 Å². The largest absolute Gasteiger partial charge is 0.389 e. The van der Waals surface area contributed by atoms with E-state index in [0.717, 1.165) is 29.7 Å². The molecule has 0 saturated heterocycles. The first-order chi connectivity index (χ1) is 14.1. The Balaban J connectivity index is 1.54. The lowest BCUT2D eigenvalue weighted by atomic mass is 9.45. The highest BCUT2D eigenvalue weighted by Crippen LogP contribution is 2.67. The van der Waals surface area contributed by atoms with Gasteiger partial charge in [0, 0.05) is 0 Å². The summed E-state index contributed by atoms with van der Waals surface area (Å²) >= 11 is 0. The van der Waals surface area contributed by atoms with Gasteiger partial charge in [-0.25, -0.2) is 0 Å². The van der Waals surface area contributed by atoms with Gasteiger partial charge in [-0.3, -0.25) is 4.79 Å². The minimum Gasteiger partial charge on any atom is -0.389 e. The van der Waals surface area contributed by atoms with Crippen LogP contribution in [0.25, 0.3) is 0 Å². The van der Waals surface area contributed by atoms with Gasteiger partial charge in [-0.05, 0) is 96.5 Å². The fourth-order valence-electron chi connectivity index (χ4n) is 8.69. The van der Waals surface area contributed by atoms with E-state index in [4.69, 9.17) is 0 Å². The highest BCUT2D eigenvalue weighted by atomic mass is 16.3. The van der Waals surface area contributed by atoms with Crippen LogP contribution in [-0.2, 0) is 4.79 Å². The molecule has 4 aliphatic carbocycles. The van der Waals surface area contributed by atoms with Gasteiger partial charge >= 0.3 is 0 Å². The number of carbonyl (C=O) groups excluding carboxylic acids is 1. The van der Waals surface area contributed by atoms with Crippen molar-refractivity contribution in [1.29, 1.82) is 0 Å². The molecule has 0 radical (unpaired) electrons. The average Bonchev–Trinajstić information content (AvgIpc) is 3.01. The summed E-state index contributed by atoms with van der Waals surface area (Å²) in [6.45, 7) is 11.9. The second kappa shape index (κ2) is 8.03. The Bertz CT molecular complexity index is 696. The van der Waals surface area contributed by atoms with Gasteiger partial charge in [0.15, 0.2) is 5.78 Å². The second-order valence-electron chi connectivity index (χ2n) is 12.3. The van der Waals surface area contributed by atoms with E-state index in [0.29, 0.717) is 29.6 Å². The van der Waals surface area contributed by atoms with Crippen LogP contribution in [0, 0.1) is 46.3 Å². The maximum absolute atomic E-state index is 12.1. The highest BCUT2D eigenvalue weighted by Gasteiger charge is 2.61. The van der Waals surface area contributed by atoms with E-state index in [2.05, 4.69) is 34.6 Å². The Labute approximate surface area is 183 Å². The number of aliphatic hydroxyl groups excluding tert-OH is 2. The summed E-state index contributed by atoms with van der Waals surface area (Å²) in [5, 5.41) is 21.4. The molecule has 3 fully saturated rings. The molecule has 3 nitrogen and oxygen atoms in total. The molecule has 0 aliphatic heterocycles. The highest BCUT2D eigenvalue weighted by molar-refractivity contribution is 5.95. The average molecular weight is 417 g/mol. The summed E-state index contributed by atoms with van der Waals surface area (Å²) < 4.78 is 0. The minimum atomic E-state index is -0.893. The molecule has 0 spiro atoms. The van der Waals surface area contributed by atoms with Gasteiger partial charge in [0.2, 0.25) is 0 Å². The lowest BCUT2D eigenvalue weighted by Crippen LogP contribution is -2.55. The topological polar surface area (TPSA) is 57.5 Å². The smallest absolute Gasteiger partial charge is 0.184 e. The van der Waals surface area contributed by atoms with Crippen molar-refractivity contribution in [2.75, 3.05) is 0 Å². The third-order valence-electron chi connectivity index (χ3n) is 10.2. The van der Waals surface area contributed by atoms with Crippen molar-refractivity contribution < 1.29 is 15.0 Å². The molecule has 170 valence electrons. The summed E-state index contributed by atoms with van der Waals surface area (Å²) in [5.41, 5.74) is 1.08. The number of rotatable bonds is 5. The Morgan fingerprint density at radius 2 is 1.77 bits per heavy atom. The van der Waals surface area contributed by atoms with Gasteiger partial charge in [-0.15, -0.1) is 0 Å². The molecule has 9 atom stereocenters. The number of ketones is 1. The number of hydrogen-bond donors (Lipinski definition) is 2. The molecular weight excluding hydrogens is 372 g/mol. The van der Waals surface area contributed by atoms with Crippen LogP contribution in [0.4, 0.5) is 0 Å². The van der Waals surface area contributed by atoms with Crippen molar-refractivity contribution in [3.05, 3.63) is 11.6 Å². The molecule has 3 heteroatoms. The van der Waals surface area contributed by atoms with Crippen molar-refractivity contribution >= 4 is 5.78 Å². The van der Waals surface area contributed by atoms with Crippen LogP contribution in [0.15, 0.2) is 11.6 Å². The molecule has 0 aromatic heterocycles. The number of fused-ring (bicyclic) bond motifs is 5. The van der Waals surface area contributed by atoms with E-state index in [-0.39, 0.29) is 11.2 Å². The molecule has 0 amide bonds. The van der Waals surface area contributed by atoms with Crippen LogP contribution in [0.2, 0.25) is 0 Å². The van der Waals surface area contributed by atoms with Crippen LogP contribution in [0.3, 0.4) is 0 Å². The first-order valence-electron chi connectivity index (χ1n) is 12.7. The fourth-order valence-corrected chi connectivity index (χ4v) is 8.69. The zero-order chi connectivity index (χ0) is 21.8. The summed E-state index contributed by atoms with van der Waals surface area (Å²) in [5.74, 6) is 3.86. The van der Waals surface area contributed by atoms with Gasteiger partial charge in [0.1, 0.15) is 6.10 Å². The van der Waals surface area contributed by atoms with Crippen molar-refractivity contribution in [3.63, 3.8) is 0 Å². The molecular formula is C27H44O3. The van der Waals surface area contributed by atoms with Crippen molar-refractivity contribution in [2.45, 2.75) is 105 Å². The molecule has 0 bridgehead atoms. The second-order valence-corrected chi connectivity index (χ2v) is 12.3. The first-order valence-corrected chi connectivity index (χ1v) is 12.7. The molecule has 0 aromatic rings. The van der Waals surface area contributed by atoms with Crippen LogP contribution in [0.5, 0.6) is 0 Å². The Morgan fingerprint density at radius 1 is 1.03 bits per heavy atom. The molecule has 2 unspecified atom stereocenters. The predicted molar refractivity (Wildman–Crippen MR) is 121 cm³/mol. The van der Waals surface area contributed by atoms with Crippen molar-refractivity contribution in [1.82, 2.24) is 0 Å². The first kappa shape index (κ1) is 22.5. The molecule has 30 heavy (non-hydrogen) atoms. The van der Waals surface area contributed by atoms with Crippen LogP contribution in [0.1, 0.15) is 92.4 Å². The van der Waals surface area contributed by atoms with Gasteiger partial charge in [-0.2, -0.15) is 0 Å². The van der Waals surface area contributed by atoms with Crippen molar-refractivity contribution in [2.24, 2.45) is 46.3 Å². The van der Waals surface area contributed by atoms with E-state index in [1.54, 1.807) is 6.08 Å². The molecule has 2 N–H and O–H groups in total. The lowest BCUT2D eigenvalue weighted by molar-refractivity contribution is -0.131. The summed E-state index contributed by atoms with van der Waals surface area (Å²) in [4.78, 5) is 12.1. The summed E-state index contributed by atoms with van der Waals surface area (Å²) in [6, 6.07) is 0. The molecule has 3 saturated carbocycles. The zero-order valence-electron chi connectivity index (χ0n) is 19.9. The maximum Gasteiger partial charge on any atom is 0.184 e.